The van der Waals surface area contributed by atoms with Crippen molar-refractivity contribution in [1.82, 2.24) is 15.0 Å². The number of thiophene rings is 1. The van der Waals surface area contributed by atoms with E-state index < -0.39 is 0 Å². The maximum Gasteiger partial charge on any atom is 0.265 e. The monoisotopic (exact) mass is 361 g/mol. The number of fused-ring (bicyclic) bond motifs is 1. The molecule has 0 saturated carbocycles. The van der Waals surface area contributed by atoms with Gasteiger partial charge in [-0.15, -0.1) is 11.3 Å². The molecule has 1 aromatic carbocycles. The van der Waals surface area contributed by atoms with E-state index in [1.165, 1.54) is 11.3 Å². The molecule has 0 spiro atoms. The summed E-state index contributed by atoms with van der Waals surface area (Å²) in [6, 6.07) is 15.0. The van der Waals surface area contributed by atoms with Gasteiger partial charge in [0.25, 0.3) is 5.91 Å². The predicted octanol–water partition coefficient (Wildman–Crippen LogP) is 4.05. The molecule has 0 saturated heterocycles. The molecule has 3 aromatic heterocycles. The van der Waals surface area contributed by atoms with Gasteiger partial charge in [0.05, 0.1) is 21.0 Å². The van der Waals surface area contributed by atoms with Gasteiger partial charge in [-0.05, 0) is 42.5 Å². The van der Waals surface area contributed by atoms with Gasteiger partial charge < -0.3 is 10.6 Å². The molecule has 2 N–H and O–H groups in total. The summed E-state index contributed by atoms with van der Waals surface area (Å²) in [6.45, 7) is 0. The summed E-state index contributed by atoms with van der Waals surface area (Å²) in [7, 11) is 1.77. The Labute approximate surface area is 154 Å². The molecule has 0 unspecified atom stereocenters. The third-order valence-electron chi connectivity index (χ3n) is 3.82. The van der Waals surface area contributed by atoms with Crippen molar-refractivity contribution in [3.8, 4) is 10.6 Å². The number of anilines is 2. The Morgan fingerprint density at radius 1 is 1.04 bits per heavy atom. The summed E-state index contributed by atoms with van der Waals surface area (Å²) >= 11 is 1.39. The Kier molecular flexibility index (Phi) is 4.28. The Balaban J connectivity index is 1.55. The molecule has 26 heavy (non-hydrogen) atoms. The van der Waals surface area contributed by atoms with Gasteiger partial charge in [-0.2, -0.15) is 0 Å². The van der Waals surface area contributed by atoms with Crippen molar-refractivity contribution in [2.75, 3.05) is 17.7 Å². The summed E-state index contributed by atoms with van der Waals surface area (Å²) < 4.78 is 0. The highest BCUT2D eigenvalue weighted by Crippen LogP contribution is 2.28. The molecule has 0 aliphatic carbocycles. The first-order valence-electron chi connectivity index (χ1n) is 8.00. The van der Waals surface area contributed by atoms with Crippen LogP contribution >= 0.6 is 11.3 Å². The predicted molar refractivity (Wildman–Crippen MR) is 105 cm³/mol. The standard InChI is InChI=1S/C19H15N5OS/c1-20-19-22-10-8-15(24-19)16-6-7-17(26-16)18(25)23-13-4-5-14-12(11-13)3-2-9-21-14/h2-11H,1H3,(H,23,25)(H,20,22,24). The van der Waals surface area contributed by atoms with Crippen molar-refractivity contribution in [1.29, 1.82) is 0 Å². The normalized spacial score (nSPS) is 10.7. The third-order valence-corrected chi connectivity index (χ3v) is 4.93. The summed E-state index contributed by atoms with van der Waals surface area (Å²) in [5.41, 5.74) is 2.42. The van der Waals surface area contributed by atoms with Gasteiger partial charge in [-0.1, -0.05) is 6.07 Å². The van der Waals surface area contributed by atoms with E-state index in [9.17, 15) is 4.79 Å². The van der Waals surface area contributed by atoms with Crippen LogP contribution in [0.4, 0.5) is 11.6 Å². The van der Waals surface area contributed by atoms with Crippen LogP contribution in [0, 0.1) is 0 Å². The van der Waals surface area contributed by atoms with Crippen molar-refractivity contribution in [2.45, 2.75) is 0 Å². The van der Waals surface area contributed by atoms with Crippen LogP contribution in [0.3, 0.4) is 0 Å². The van der Waals surface area contributed by atoms with Gasteiger partial charge in [-0.25, -0.2) is 9.97 Å². The molecule has 0 fully saturated rings. The highest BCUT2D eigenvalue weighted by atomic mass is 32.1. The average Bonchev–Trinajstić information content (AvgIpc) is 3.18. The number of carbonyl (C=O) groups excluding carboxylic acids is 1. The fourth-order valence-electron chi connectivity index (χ4n) is 2.56. The number of amides is 1. The van der Waals surface area contributed by atoms with Crippen LogP contribution in [0.25, 0.3) is 21.5 Å². The molecule has 0 atom stereocenters. The molecule has 0 bridgehead atoms. The largest absolute Gasteiger partial charge is 0.357 e. The first kappa shape index (κ1) is 16.2. The highest BCUT2D eigenvalue weighted by Gasteiger charge is 2.12. The van der Waals surface area contributed by atoms with E-state index in [2.05, 4.69) is 25.6 Å². The first-order valence-corrected chi connectivity index (χ1v) is 8.82. The summed E-state index contributed by atoms with van der Waals surface area (Å²) in [6.07, 6.45) is 3.44. The molecule has 0 aliphatic heterocycles. The van der Waals surface area contributed by atoms with Crippen molar-refractivity contribution in [3.05, 3.63) is 65.8 Å². The minimum atomic E-state index is -0.146. The first-order chi connectivity index (χ1) is 12.7. The quantitative estimate of drug-likeness (QED) is 0.573. The van der Waals surface area contributed by atoms with Crippen LogP contribution in [0.5, 0.6) is 0 Å². The highest BCUT2D eigenvalue weighted by molar-refractivity contribution is 7.17. The van der Waals surface area contributed by atoms with Crippen molar-refractivity contribution >= 4 is 39.8 Å². The zero-order chi connectivity index (χ0) is 17.9. The van der Waals surface area contributed by atoms with Gasteiger partial charge in [0.1, 0.15) is 0 Å². The van der Waals surface area contributed by atoms with Crippen molar-refractivity contribution < 1.29 is 4.79 Å². The maximum absolute atomic E-state index is 12.6. The van der Waals surface area contributed by atoms with Crippen LogP contribution in [-0.4, -0.2) is 27.9 Å². The fraction of sp³-hybridized carbons (Fsp3) is 0.0526. The number of hydrogen-bond acceptors (Lipinski definition) is 6. The van der Waals surface area contributed by atoms with Crippen molar-refractivity contribution in [2.24, 2.45) is 0 Å². The SMILES string of the molecule is CNc1nccc(-c2ccc(C(=O)Nc3ccc4ncccc4c3)s2)n1. The molecular weight excluding hydrogens is 346 g/mol. The zero-order valence-corrected chi connectivity index (χ0v) is 14.7. The van der Waals surface area contributed by atoms with E-state index in [0.29, 0.717) is 10.8 Å². The molecule has 7 heteroatoms. The van der Waals surface area contributed by atoms with Gasteiger partial charge in [0.15, 0.2) is 0 Å². The number of carbonyl (C=O) groups is 1. The lowest BCUT2D eigenvalue weighted by Gasteiger charge is -2.05. The van der Waals surface area contributed by atoms with E-state index in [1.807, 2.05) is 42.5 Å². The Morgan fingerprint density at radius 2 is 1.96 bits per heavy atom. The van der Waals surface area contributed by atoms with E-state index >= 15 is 0 Å². The minimum absolute atomic E-state index is 0.146. The van der Waals surface area contributed by atoms with E-state index in [-0.39, 0.29) is 5.91 Å². The molecule has 4 aromatic rings. The second kappa shape index (κ2) is 6.89. The molecular formula is C19H15N5OS. The second-order valence-electron chi connectivity index (χ2n) is 5.54. The average molecular weight is 361 g/mol. The van der Waals surface area contributed by atoms with E-state index in [0.717, 1.165) is 27.2 Å². The molecule has 0 aliphatic rings. The van der Waals surface area contributed by atoms with Gasteiger partial charge >= 0.3 is 0 Å². The molecule has 0 radical (unpaired) electrons. The molecule has 1 amide bonds. The number of rotatable bonds is 4. The van der Waals surface area contributed by atoms with Crippen molar-refractivity contribution in [3.63, 3.8) is 0 Å². The van der Waals surface area contributed by atoms with Crippen LogP contribution < -0.4 is 10.6 Å². The number of aromatic nitrogens is 3. The lowest BCUT2D eigenvalue weighted by Crippen LogP contribution is -2.09. The summed E-state index contributed by atoms with van der Waals surface area (Å²) in [4.78, 5) is 26.9. The third kappa shape index (κ3) is 3.25. The summed E-state index contributed by atoms with van der Waals surface area (Å²) in [5.74, 6) is 0.402. The lowest BCUT2D eigenvalue weighted by atomic mass is 10.2. The molecule has 4 rings (SSSR count). The minimum Gasteiger partial charge on any atom is -0.357 e. The molecule has 3 heterocycles. The smallest absolute Gasteiger partial charge is 0.265 e. The number of nitrogens with zero attached hydrogens (tertiary/aromatic N) is 3. The molecule has 6 nitrogen and oxygen atoms in total. The van der Waals surface area contributed by atoms with E-state index in [1.54, 1.807) is 25.5 Å². The number of hydrogen-bond donors (Lipinski definition) is 2. The maximum atomic E-state index is 12.6. The lowest BCUT2D eigenvalue weighted by molar-refractivity contribution is 0.103. The Morgan fingerprint density at radius 3 is 2.85 bits per heavy atom. The fourth-order valence-corrected chi connectivity index (χ4v) is 3.43. The summed E-state index contributed by atoms with van der Waals surface area (Å²) in [5, 5.41) is 6.83. The number of pyridine rings is 1. The number of nitrogens with one attached hydrogen (secondary N) is 2. The topological polar surface area (TPSA) is 79.8 Å². The van der Waals surface area contributed by atoms with Crippen LogP contribution in [0.2, 0.25) is 0 Å². The van der Waals surface area contributed by atoms with E-state index in [4.69, 9.17) is 0 Å². The zero-order valence-electron chi connectivity index (χ0n) is 13.9. The second-order valence-corrected chi connectivity index (χ2v) is 6.63. The van der Waals surface area contributed by atoms with Gasteiger partial charge in [0.2, 0.25) is 5.95 Å². The Bertz CT molecular complexity index is 1090. The van der Waals surface area contributed by atoms with Crippen LogP contribution in [0.1, 0.15) is 9.67 Å². The Hall–Kier alpha value is -3.32. The van der Waals surface area contributed by atoms with Gasteiger partial charge in [0, 0.05) is 30.5 Å². The molecule has 128 valence electrons. The number of benzene rings is 1. The van der Waals surface area contributed by atoms with Gasteiger partial charge in [-0.3, -0.25) is 9.78 Å². The van der Waals surface area contributed by atoms with Crippen LogP contribution in [0.15, 0.2) is 60.9 Å². The van der Waals surface area contributed by atoms with Crippen LogP contribution in [-0.2, 0) is 0 Å².